The molecule has 3 aromatic rings. The number of aromatic nitrogens is 2. The van der Waals surface area contributed by atoms with Crippen LogP contribution in [0.25, 0.3) is 0 Å². The lowest BCUT2D eigenvalue weighted by Gasteiger charge is -2.31. The van der Waals surface area contributed by atoms with Crippen LogP contribution in [0.2, 0.25) is 0 Å². The van der Waals surface area contributed by atoms with Gasteiger partial charge >= 0.3 is 0 Å². The quantitative estimate of drug-likeness (QED) is 0.394. The Kier molecular flexibility index (Phi) is 6.39. The summed E-state index contributed by atoms with van der Waals surface area (Å²) in [5.74, 6) is 0.944. The highest BCUT2D eigenvalue weighted by atomic mass is 32.1. The Balaban J connectivity index is 1.58. The summed E-state index contributed by atoms with van der Waals surface area (Å²) in [6.07, 6.45) is 2.01. The van der Waals surface area contributed by atoms with Crippen LogP contribution in [0.3, 0.4) is 0 Å². The monoisotopic (exact) mass is 471 g/mol. The van der Waals surface area contributed by atoms with E-state index in [-0.39, 0.29) is 23.1 Å². The van der Waals surface area contributed by atoms with E-state index < -0.39 is 0 Å². The first kappa shape index (κ1) is 22.5. The van der Waals surface area contributed by atoms with E-state index in [1.165, 1.54) is 9.75 Å². The van der Waals surface area contributed by atoms with Gasteiger partial charge in [-0.25, -0.2) is 0 Å². The average Bonchev–Trinajstić information content (AvgIpc) is 3.49. The number of nitrogens with one attached hydrogen (secondary N) is 2. The molecule has 1 amide bonds. The molecule has 1 saturated heterocycles. The molecule has 1 aliphatic rings. The van der Waals surface area contributed by atoms with E-state index in [2.05, 4.69) is 59.2 Å². The van der Waals surface area contributed by atoms with E-state index in [1.807, 2.05) is 0 Å². The zero-order chi connectivity index (χ0) is 22.9. The number of anilines is 3. The number of carbonyl (C=O) groups excluding carboxylic acids is 1. The summed E-state index contributed by atoms with van der Waals surface area (Å²) in [4.78, 5) is 17.1. The third-order valence-corrected chi connectivity index (χ3v) is 7.19. The second kappa shape index (κ2) is 9.07. The number of para-hydroxylation sites is 1. The van der Waals surface area contributed by atoms with E-state index in [1.54, 1.807) is 34.4 Å². The fourth-order valence-corrected chi connectivity index (χ4v) is 5.51. The molecule has 1 aromatic carbocycles. The van der Waals surface area contributed by atoms with Gasteiger partial charge in [-0.3, -0.25) is 4.79 Å². The lowest BCUT2D eigenvalue weighted by molar-refractivity contribution is 0.0790. The Hall–Kier alpha value is -2.65. The number of rotatable bonds is 6. The Morgan fingerprint density at radius 3 is 2.50 bits per heavy atom. The fraction of sp³-hybridized carbons (Fsp3) is 0.435. The van der Waals surface area contributed by atoms with Crippen LogP contribution in [0.4, 0.5) is 17.3 Å². The zero-order valence-corrected chi connectivity index (χ0v) is 20.4. The summed E-state index contributed by atoms with van der Waals surface area (Å²) in [5, 5.41) is 17.6. The van der Waals surface area contributed by atoms with E-state index in [0.717, 1.165) is 37.7 Å². The Morgan fingerprint density at radius 1 is 1.12 bits per heavy atom. The Bertz CT molecular complexity index is 1100. The predicted molar refractivity (Wildman–Crippen MR) is 131 cm³/mol. The van der Waals surface area contributed by atoms with E-state index >= 15 is 0 Å². The fourth-order valence-electron chi connectivity index (χ4n) is 3.86. The maximum atomic E-state index is 12.8. The van der Waals surface area contributed by atoms with Crippen LogP contribution >= 0.6 is 23.1 Å². The number of likely N-dealkylation sites (tertiary alicyclic amines) is 1. The number of hydrogen-bond acceptors (Lipinski definition) is 8. The van der Waals surface area contributed by atoms with Crippen molar-refractivity contribution in [2.24, 2.45) is 5.41 Å². The maximum Gasteiger partial charge on any atom is 0.257 e. The summed E-state index contributed by atoms with van der Waals surface area (Å²) >= 11 is 2.86. The van der Waals surface area contributed by atoms with Crippen LogP contribution in [-0.2, 0) is 0 Å². The molecule has 1 atom stereocenters. The average molecular weight is 472 g/mol. The maximum absolute atomic E-state index is 12.8. The summed E-state index contributed by atoms with van der Waals surface area (Å²) in [7, 11) is 0. The molecule has 1 aliphatic heterocycles. The number of aryl methyl sites for hydroxylation is 1. The molecule has 1 unspecified atom stereocenters. The molecule has 32 heavy (non-hydrogen) atoms. The number of amides is 1. The molecule has 0 aliphatic carbocycles. The highest BCUT2D eigenvalue weighted by molar-refractivity contribution is 7.12. The summed E-state index contributed by atoms with van der Waals surface area (Å²) in [5.41, 5.74) is 0.684. The van der Waals surface area contributed by atoms with Gasteiger partial charge in [-0.2, -0.15) is 8.75 Å². The minimum Gasteiger partial charge on any atom is -0.505 e. The van der Waals surface area contributed by atoms with Gasteiger partial charge < -0.3 is 20.6 Å². The second-order valence-electron chi connectivity index (χ2n) is 9.18. The minimum atomic E-state index is -0.140. The first-order valence-corrected chi connectivity index (χ1v) is 12.3. The number of benzene rings is 1. The van der Waals surface area contributed by atoms with Gasteiger partial charge in [0.25, 0.3) is 5.91 Å². The summed E-state index contributed by atoms with van der Waals surface area (Å²) in [6.45, 7) is 10.1. The molecule has 0 saturated carbocycles. The van der Waals surface area contributed by atoms with Crippen molar-refractivity contribution in [3.8, 4) is 5.75 Å². The van der Waals surface area contributed by atoms with Crippen molar-refractivity contribution in [3.63, 3.8) is 0 Å². The third-order valence-electron chi connectivity index (χ3n) is 5.59. The molecule has 0 bridgehead atoms. The lowest BCUT2D eigenvalue weighted by Crippen LogP contribution is -2.27. The number of aromatic hydroxyl groups is 1. The lowest BCUT2D eigenvalue weighted by atomic mass is 9.86. The van der Waals surface area contributed by atoms with E-state index in [0.29, 0.717) is 22.9 Å². The van der Waals surface area contributed by atoms with Gasteiger partial charge in [0.1, 0.15) is 0 Å². The molecule has 170 valence electrons. The first-order valence-electron chi connectivity index (χ1n) is 10.8. The second-order valence-corrected chi connectivity index (χ2v) is 11.0. The van der Waals surface area contributed by atoms with Gasteiger partial charge in [0.05, 0.1) is 29.0 Å². The number of thiophene rings is 1. The van der Waals surface area contributed by atoms with Crippen LogP contribution in [-0.4, -0.2) is 37.8 Å². The van der Waals surface area contributed by atoms with Gasteiger partial charge in [0, 0.05) is 22.8 Å². The molecule has 3 heterocycles. The Labute approximate surface area is 196 Å². The van der Waals surface area contributed by atoms with Crippen molar-refractivity contribution < 1.29 is 9.90 Å². The zero-order valence-electron chi connectivity index (χ0n) is 18.8. The highest BCUT2D eigenvalue weighted by Crippen LogP contribution is 2.41. The summed E-state index contributed by atoms with van der Waals surface area (Å²) in [6, 6.07) is 9.49. The molecule has 9 heteroatoms. The molecule has 3 N–H and O–H groups in total. The van der Waals surface area contributed by atoms with Gasteiger partial charge in [0.2, 0.25) is 0 Å². The largest absolute Gasteiger partial charge is 0.505 e. The number of carbonyl (C=O) groups is 1. The molecule has 7 nitrogen and oxygen atoms in total. The van der Waals surface area contributed by atoms with Gasteiger partial charge in [0.15, 0.2) is 17.4 Å². The van der Waals surface area contributed by atoms with E-state index in [4.69, 9.17) is 0 Å². The topological polar surface area (TPSA) is 90.4 Å². The van der Waals surface area contributed by atoms with E-state index in [9.17, 15) is 9.90 Å². The van der Waals surface area contributed by atoms with Crippen LogP contribution in [0.15, 0.2) is 30.3 Å². The number of hydrogen-bond donors (Lipinski definition) is 3. The van der Waals surface area contributed by atoms with Crippen molar-refractivity contribution in [2.45, 2.75) is 46.6 Å². The smallest absolute Gasteiger partial charge is 0.257 e. The van der Waals surface area contributed by atoms with Crippen LogP contribution in [0.1, 0.15) is 59.8 Å². The van der Waals surface area contributed by atoms with Crippen LogP contribution in [0, 0.1) is 12.3 Å². The molecule has 1 fully saturated rings. The van der Waals surface area contributed by atoms with Crippen molar-refractivity contribution in [1.29, 1.82) is 0 Å². The molecular weight excluding hydrogens is 442 g/mol. The number of phenolic OH excluding ortho intramolecular Hbond substituents is 1. The molecule has 4 rings (SSSR count). The highest BCUT2D eigenvalue weighted by Gasteiger charge is 2.29. The minimum absolute atomic E-state index is 0.0438. The SMILES string of the molecule is Cc1ccc(C(Nc2nsnc2Nc2cccc(C(=O)N3CCCC3)c2O)C(C)(C)C)s1. The van der Waals surface area contributed by atoms with Crippen molar-refractivity contribution in [2.75, 3.05) is 23.7 Å². The molecule has 0 radical (unpaired) electrons. The first-order chi connectivity index (χ1) is 15.2. The predicted octanol–water partition coefficient (Wildman–Crippen LogP) is 5.79. The Morgan fingerprint density at radius 2 is 1.84 bits per heavy atom. The van der Waals surface area contributed by atoms with Crippen molar-refractivity contribution >= 4 is 46.3 Å². The normalized spacial score (nSPS) is 15.1. The molecular formula is C23H29N5O2S2. The van der Waals surface area contributed by atoms with Crippen molar-refractivity contribution in [3.05, 3.63) is 45.6 Å². The number of phenols is 1. The van der Waals surface area contributed by atoms with Gasteiger partial charge in [-0.15, -0.1) is 11.3 Å². The standard InChI is InChI=1S/C23H29N5O2S2/c1-14-10-11-17(31-14)19(23(2,3)4)25-21-20(26-32-27-21)24-16-9-7-8-15(18(16)29)22(30)28-12-5-6-13-28/h7-11,19,29H,5-6,12-13H2,1-4H3,(H,24,26)(H,25,27). The van der Waals surface area contributed by atoms with Crippen LogP contribution in [0.5, 0.6) is 5.75 Å². The molecule has 2 aromatic heterocycles. The summed E-state index contributed by atoms with van der Waals surface area (Å²) < 4.78 is 8.85. The van der Waals surface area contributed by atoms with Gasteiger partial charge in [-0.05, 0) is 49.4 Å². The van der Waals surface area contributed by atoms with Crippen molar-refractivity contribution in [1.82, 2.24) is 13.6 Å². The molecule has 0 spiro atoms. The van der Waals surface area contributed by atoms with Crippen LogP contribution < -0.4 is 10.6 Å². The van der Waals surface area contributed by atoms with Gasteiger partial charge in [-0.1, -0.05) is 26.8 Å². The third kappa shape index (κ3) is 4.73. The number of nitrogens with zero attached hydrogens (tertiary/aromatic N) is 3.